The van der Waals surface area contributed by atoms with Gasteiger partial charge in [0, 0.05) is 26.2 Å². The molecule has 2 amide bonds. The summed E-state index contributed by atoms with van der Waals surface area (Å²) in [5.41, 5.74) is 0.348. The van der Waals surface area contributed by atoms with E-state index in [1.54, 1.807) is 6.07 Å². The van der Waals surface area contributed by atoms with Gasteiger partial charge in [0.25, 0.3) is 0 Å². The summed E-state index contributed by atoms with van der Waals surface area (Å²) in [5.74, 6) is -0.857. The first-order valence-electron chi connectivity index (χ1n) is 6.37. The largest absolute Gasteiger partial charge is 0.490 e. The quantitative estimate of drug-likeness (QED) is 0.576. The Balaban J connectivity index is 2.64. The third kappa shape index (κ3) is 4.93. The van der Waals surface area contributed by atoms with Gasteiger partial charge in [0.1, 0.15) is 0 Å². The molecule has 0 atom stereocenters. The number of methoxy groups -OCH3 is 1. The molecule has 0 spiro atoms. The molecule has 2 N–H and O–H groups in total. The van der Waals surface area contributed by atoms with Crippen molar-refractivity contribution in [1.29, 1.82) is 0 Å². The van der Waals surface area contributed by atoms with Crippen molar-refractivity contribution in [2.45, 2.75) is 13.0 Å². The molecule has 1 aromatic carbocycles. The monoisotopic (exact) mass is 311 g/mol. The average Bonchev–Trinajstić information content (AvgIpc) is 2.49. The fourth-order valence-electron chi connectivity index (χ4n) is 1.67. The van der Waals surface area contributed by atoms with Crippen LogP contribution in [0.3, 0.4) is 0 Å². The second-order valence-corrected chi connectivity index (χ2v) is 4.49. The molecule has 1 aromatic rings. The van der Waals surface area contributed by atoms with E-state index in [9.17, 15) is 19.7 Å². The standard InChI is InChI=1S/C13H17N3O6/c1-15(6-5-12(17)18)13(19)14-8-9-3-4-11(22-2)10(7-9)16(20)21/h3-4,7H,5-6,8H2,1-2H3,(H,14,19)(H,17,18). The first-order chi connectivity index (χ1) is 10.3. The highest BCUT2D eigenvalue weighted by molar-refractivity contribution is 5.75. The minimum Gasteiger partial charge on any atom is -0.490 e. The molecule has 0 aliphatic rings. The van der Waals surface area contributed by atoms with Crippen molar-refractivity contribution in [2.24, 2.45) is 0 Å². The predicted octanol–water partition coefficient (Wildman–Crippen LogP) is 1.22. The number of amides is 2. The van der Waals surface area contributed by atoms with E-state index in [4.69, 9.17) is 9.84 Å². The summed E-state index contributed by atoms with van der Waals surface area (Å²) in [6.07, 6.45) is -0.155. The Morgan fingerprint density at radius 1 is 1.45 bits per heavy atom. The normalized spacial score (nSPS) is 9.91. The van der Waals surface area contributed by atoms with E-state index in [1.165, 1.54) is 31.2 Å². The van der Waals surface area contributed by atoms with Crippen LogP contribution >= 0.6 is 0 Å². The van der Waals surface area contributed by atoms with Gasteiger partial charge in [-0.2, -0.15) is 0 Å². The third-order valence-corrected chi connectivity index (χ3v) is 2.89. The molecular formula is C13H17N3O6. The van der Waals surface area contributed by atoms with Crippen LogP contribution in [0.4, 0.5) is 10.5 Å². The van der Waals surface area contributed by atoms with Gasteiger partial charge in [-0.25, -0.2) is 4.79 Å². The second kappa shape index (κ2) is 7.81. The van der Waals surface area contributed by atoms with Crippen LogP contribution in [0, 0.1) is 10.1 Å². The van der Waals surface area contributed by atoms with E-state index >= 15 is 0 Å². The molecule has 0 heterocycles. The highest BCUT2D eigenvalue weighted by atomic mass is 16.6. The number of aliphatic carboxylic acids is 1. The Labute approximate surface area is 126 Å². The van der Waals surface area contributed by atoms with Gasteiger partial charge >= 0.3 is 17.7 Å². The molecule has 0 bridgehead atoms. The molecule has 9 nitrogen and oxygen atoms in total. The molecule has 0 aliphatic heterocycles. The van der Waals surface area contributed by atoms with Crippen molar-refractivity contribution < 1.29 is 24.4 Å². The summed E-state index contributed by atoms with van der Waals surface area (Å²) in [6, 6.07) is 3.91. The number of hydrogen-bond donors (Lipinski definition) is 2. The first-order valence-corrected chi connectivity index (χ1v) is 6.37. The number of nitro groups is 1. The Kier molecular flexibility index (Phi) is 6.11. The van der Waals surface area contributed by atoms with Gasteiger partial charge in [0.2, 0.25) is 0 Å². The third-order valence-electron chi connectivity index (χ3n) is 2.89. The number of ether oxygens (including phenoxy) is 1. The Hall–Kier alpha value is -2.84. The van der Waals surface area contributed by atoms with Gasteiger partial charge in [-0.05, 0) is 11.6 Å². The molecule has 0 saturated heterocycles. The Bertz CT molecular complexity index is 575. The Morgan fingerprint density at radius 2 is 2.14 bits per heavy atom. The van der Waals surface area contributed by atoms with E-state index < -0.39 is 16.9 Å². The van der Waals surface area contributed by atoms with Crippen LogP contribution in [-0.4, -0.2) is 47.6 Å². The summed E-state index contributed by atoms with van der Waals surface area (Å²) < 4.78 is 4.89. The molecule has 0 unspecified atom stereocenters. The topological polar surface area (TPSA) is 122 Å². The van der Waals surface area contributed by atoms with Crippen LogP contribution in [0.5, 0.6) is 5.75 Å². The van der Waals surface area contributed by atoms with Gasteiger partial charge in [0.05, 0.1) is 18.5 Å². The maximum Gasteiger partial charge on any atom is 0.317 e. The fraction of sp³-hybridized carbons (Fsp3) is 0.385. The lowest BCUT2D eigenvalue weighted by molar-refractivity contribution is -0.385. The number of carboxylic acid groups (broad SMARTS) is 1. The molecule has 9 heteroatoms. The van der Waals surface area contributed by atoms with Gasteiger partial charge in [-0.1, -0.05) is 6.07 Å². The summed E-state index contributed by atoms with van der Waals surface area (Å²) in [4.78, 5) is 33.7. The number of rotatable bonds is 7. The van der Waals surface area contributed by atoms with Crippen molar-refractivity contribution in [3.05, 3.63) is 33.9 Å². The number of nitrogens with zero attached hydrogens (tertiary/aromatic N) is 2. The van der Waals surface area contributed by atoms with Crippen LogP contribution in [0.1, 0.15) is 12.0 Å². The van der Waals surface area contributed by atoms with E-state index in [1.807, 2.05) is 0 Å². The van der Waals surface area contributed by atoms with Crippen molar-refractivity contribution >= 4 is 17.7 Å². The van der Waals surface area contributed by atoms with E-state index in [0.717, 1.165) is 0 Å². The summed E-state index contributed by atoms with van der Waals surface area (Å²) in [7, 11) is 2.80. The van der Waals surface area contributed by atoms with Crippen LogP contribution in [0.15, 0.2) is 18.2 Å². The van der Waals surface area contributed by atoms with E-state index in [-0.39, 0.29) is 30.9 Å². The maximum atomic E-state index is 11.7. The lowest BCUT2D eigenvalue weighted by Crippen LogP contribution is -2.37. The number of nitro benzene ring substituents is 1. The van der Waals surface area contributed by atoms with Crippen LogP contribution < -0.4 is 10.1 Å². The van der Waals surface area contributed by atoms with Crippen LogP contribution in [0.2, 0.25) is 0 Å². The number of nitrogens with one attached hydrogen (secondary N) is 1. The summed E-state index contributed by atoms with van der Waals surface area (Å²) in [5, 5.41) is 22.0. The molecular weight excluding hydrogens is 294 g/mol. The number of carbonyl (C=O) groups is 2. The zero-order valence-electron chi connectivity index (χ0n) is 12.2. The summed E-state index contributed by atoms with van der Waals surface area (Å²) >= 11 is 0. The lowest BCUT2D eigenvalue weighted by atomic mass is 10.2. The fourth-order valence-corrected chi connectivity index (χ4v) is 1.67. The van der Waals surface area contributed by atoms with Crippen molar-refractivity contribution in [3.63, 3.8) is 0 Å². The average molecular weight is 311 g/mol. The maximum absolute atomic E-state index is 11.7. The van der Waals surface area contributed by atoms with Crippen LogP contribution in [-0.2, 0) is 11.3 Å². The molecule has 0 saturated carbocycles. The number of benzene rings is 1. The molecule has 120 valence electrons. The number of carboxylic acids is 1. The van der Waals surface area contributed by atoms with Gasteiger partial charge in [0.15, 0.2) is 5.75 Å². The SMILES string of the molecule is COc1ccc(CNC(=O)N(C)CCC(=O)O)cc1[N+](=O)[O-]. The molecule has 1 rings (SSSR count). The summed E-state index contributed by atoms with van der Waals surface area (Å²) in [6.45, 7) is 0.158. The van der Waals surface area contributed by atoms with E-state index in [0.29, 0.717) is 5.56 Å². The van der Waals surface area contributed by atoms with Crippen molar-refractivity contribution in [3.8, 4) is 5.75 Å². The zero-order chi connectivity index (χ0) is 16.7. The zero-order valence-corrected chi connectivity index (χ0v) is 12.2. The molecule has 0 radical (unpaired) electrons. The first kappa shape index (κ1) is 17.2. The molecule has 22 heavy (non-hydrogen) atoms. The van der Waals surface area contributed by atoms with Gasteiger partial charge in [-0.3, -0.25) is 14.9 Å². The highest BCUT2D eigenvalue weighted by Gasteiger charge is 2.16. The number of urea groups is 1. The minimum atomic E-state index is -0.995. The van der Waals surface area contributed by atoms with Crippen molar-refractivity contribution in [2.75, 3.05) is 20.7 Å². The lowest BCUT2D eigenvalue weighted by Gasteiger charge is -2.17. The second-order valence-electron chi connectivity index (χ2n) is 4.49. The number of carbonyl (C=O) groups excluding carboxylic acids is 1. The molecule has 0 aliphatic carbocycles. The highest BCUT2D eigenvalue weighted by Crippen LogP contribution is 2.27. The van der Waals surface area contributed by atoms with Gasteiger partial charge in [-0.15, -0.1) is 0 Å². The smallest absolute Gasteiger partial charge is 0.317 e. The molecule has 0 aromatic heterocycles. The predicted molar refractivity (Wildman–Crippen MR) is 76.8 cm³/mol. The minimum absolute atomic E-state index is 0.0733. The number of hydrogen-bond acceptors (Lipinski definition) is 5. The van der Waals surface area contributed by atoms with Crippen molar-refractivity contribution in [1.82, 2.24) is 10.2 Å². The Morgan fingerprint density at radius 3 is 2.68 bits per heavy atom. The van der Waals surface area contributed by atoms with Crippen LogP contribution in [0.25, 0.3) is 0 Å². The van der Waals surface area contributed by atoms with E-state index in [2.05, 4.69) is 5.32 Å². The molecule has 0 fully saturated rings. The van der Waals surface area contributed by atoms with Gasteiger partial charge < -0.3 is 20.1 Å².